The van der Waals surface area contributed by atoms with E-state index in [1.165, 1.54) is 44.2 Å². The third kappa shape index (κ3) is 4.24. The van der Waals surface area contributed by atoms with Crippen LogP contribution in [0, 0.1) is 0 Å². The molecular weight excluding hydrogens is 336 g/mol. The van der Waals surface area contributed by atoms with Crippen LogP contribution in [0.15, 0.2) is 42.7 Å². The lowest BCUT2D eigenvalue weighted by Gasteiger charge is -2.33. The number of amides is 1. The Morgan fingerprint density at radius 3 is 2.11 bits per heavy atom. The molecule has 0 spiro atoms. The van der Waals surface area contributed by atoms with Crippen LogP contribution in [0.2, 0.25) is 0 Å². The van der Waals surface area contributed by atoms with Crippen molar-refractivity contribution in [3.63, 3.8) is 0 Å². The fourth-order valence-corrected chi connectivity index (χ4v) is 4.08. The van der Waals surface area contributed by atoms with Crippen LogP contribution < -0.4 is 15.1 Å². The van der Waals surface area contributed by atoms with Gasteiger partial charge in [0.15, 0.2) is 0 Å². The summed E-state index contributed by atoms with van der Waals surface area (Å²) in [6, 6.07) is 10.1. The maximum absolute atomic E-state index is 12.8. The van der Waals surface area contributed by atoms with E-state index in [1.807, 2.05) is 0 Å². The monoisotopic (exact) mass is 364 g/mol. The smallest absolute Gasteiger partial charge is 0.255 e. The van der Waals surface area contributed by atoms with Gasteiger partial charge in [-0.05, 0) is 68.9 Å². The molecule has 1 aromatic carbocycles. The predicted molar refractivity (Wildman–Crippen MR) is 111 cm³/mol. The quantitative estimate of drug-likeness (QED) is 0.878. The highest BCUT2D eigenvalue weighted by Crippen LogP contribution is 2.33. The molecule has 2 fully saturated rings. The summed E-state index contributed by atoms with van der Waals surface area (Å²) in [5.41, 5.74) is 3.90. The van der Waals surface area contributed by atoms with E-state index in [4.69, 9.17) is 0 Å². The third-order valence-electron chi connectivity index (χ3n) is 5.59. The zero-order valence-electron chi connectivity index (χ0n) is 15.9. The summed E-state index contributed by atoms with van der Waals surface area (Å²) in [5.74, 6) is -0.0774. The van der Waals surface area contributed by atoms with Gasteiger partial charge in [0.25, 0.3) is 5.91 Å². The molecule has 3 heterocycles. The Morgan fingerprint density at radius 1 is 0.815 bits per heavy atom. The summed E-state index contributed by atoms with van der Waals surface area (Å²) in [6.45, 7) is 4.31. The van der Waals surface area contributed by atoms with E-state index in [2.05, 4.69) is 38.3 Å². The topological polar surface area (TPSA) is 48.5 Å². The van der Waals surface area contributed by atoms with Crippen LogP contribution in [0.5, 0.6) is 0 Å². The van der Waals surface area contributed by atoms with E-state index in [0.29, 0.717) is 5.56 Å². The van der Waals surface area contributed by atoms with Gasteiger partial charge in [-0.3, -0.25) is 9.78 Å². The molecule has 1 N–H and O–H groups in total. The van der Waals surface area contributed by atoms with Crippen molar-refractivity contribution in [1.29, 1.82) is 0 Å². The van der Waals surface area contributed by atoms with Gasteiger partial charge in [0.2, 0.25) is 0 Å². The van der Waals surface area contributed by atoms with Crippen molar-refractivity contribution in [2.45, 2.75) is 38.5 Å². The number of hydrogen-bond acceptors (Lipinski definition) is 4. The standard InChI is InChI=1S/C22H28N4O/c27-22(18-9-11-23-12-10-18)24-20-17-19(25-13-3-1-4-14-25)7-8-21(20)26-15-5-2-6-16-26/h7-12,17H,1-6,13-16H2,(H,24,27). The molecule has 1 aromatic heterocycles. The highest BCUT2D eigenvalue weighted by molar-refractivity contribution is 6.06. The molecule has 0 saturated carbocycles. The van der Waals surface area contributed by atoms with E-state index in [0.717, 1.165) is 37.6 Å². The van der Waals surface area contributed by atoms with Crippen LogP contribution in [0.3, 0.4) is 0 Å². The Hall–Kier alpha value is -2.56. The van der Waals surface area contributed by atoms with Crippen molar-refractivity contribution in [1.82, 2.24) is 4.98 Å². The second-order valence-corrected chi connectivity index (χ2v) is 7.49. The Labute approximate surface area is 161 Å². The minimum atomic E-state index is -0.0774. The molecule has 0 bridgehead atoms. The largest absolute Gasteiger partial charge is 0.371 e. The van der Waals surface area contributed by atoms with E-state index < -0.39 is 0 Å². The summed E-state index contributed by atoms with van der Waals surface area (Å²) in [4.78, 5) is 21.6. The Balaban J connectivity index is 1.62. The zero-order valence-corrected chi connectivity index (χ0v) is 15.9. The number of aromatic nitrogens is 1. The molecular formula is C22H28N4O. The molecule has 0 atom stereocenters. The summed E-state index contributed by atoms with van der Waals surface area (Å²) in [7, 11) is 0. The van der Waals surface area contributed by atoms with Gasteiger partial charge in [0.05, 0.1) is 11.4 Å². The minimum absolute atomic E-state index is 0.0774. The van der Waals surface area contributed by atoms with Crippen LogP contribution in [0.4, 0.5) is 17.1 Å². The Kier molecular flexibility index (Phi) is 5.56. The molecule has 2 aliphatic heterocycles. The molecule has 4 rings (SSSR count). The van der Waals surface area contributed by atoms with E-state index in [1.54, 1.807) is 24.5 Å². The lowest BCUT2D eigenvalue weighted by molar-refractivity contribution is 0.102. The van der Waals surface area contributed by atoms with Crippen molar-refractivity contribution in [2.75, 3.05) is 41.3 Å². The van der Waals surface area contributed by atoms with Crippen molar-refractivity contribution >= 4 is 23.0 Å². The van der Waals surface area contributed by atoms with Crippen LogP contribution in [0.25, 0.3) is 0 Å². The highest BCUT2D eigenvalue weighted by atomic mass is 16.1. The first-order valence-corrected chi connectivity index (χ1v) is 10.2. The molecule has 5 heteroatoms. The summed E-state index contributed by atoms with van der Waals surface area (Å²) in [6.07, 6.45) is 10.8. The average molecular weight is 364 g/mol. The second-order valence-electron chi connectivity index (χ2n) is 7.49. The van der Waals surface area contributed by atoms with Gasteiger partial charge in [-0.15, -0.1) is 0 Å². The predicted octanol–water partition coefficient (Wildman–Crippen LogP) is 4.31. The van der Waals surface area contributed by atoms with Crippen LogP contribution in [-0.2, 0) is 0 Å². The third-order valence-corrected chi connectivity index (χ3v) is 5.59. The summed E-state index contributed by atoms with van der Waals surface area (Å²) in [5, 5.41) is 3.17. The molecule has 0 unspecified atom stereocenters. The van der Waals surface area contributed by atoms with Gasteiger partial charge in [-0.25, -0.2) is 0 Å². The fraction of sp³-hybridized carbons (Fsp3) is 0.455. The molecule has 0 radical (unpaired) electrons. The van der Waals surface area contributed by atoms with Gasteiger partial charge in [-0.2, -0.15) is 0 Å². The van der Waals surface area contributed by atoms with Crippen molar-refractivity contribution in [3.05, 3.63) is 48.3 Å². The molecule has 0 aliphatic carbocycles. The molecule has 142 valence electrons. The number of benzene rings is 1. The molecule has 1 amide bonds. The highest BCUT2D eigenvalue weighted by Gasteiger charge is 2.19. The van der Waals surface area contributed by atoms with Crippen LogP contribution in [0.1, 0.15) is 48.9 Å². The average Bonchev–Trinajstić information content (AvgIpc) is 2.75. The number of anilines is 3. The van der Waals surface area contributed by atoms with Crippen molar-refractivity contribution in [2.24, 2.45) is 0 Å². The maximum Gasteiger partial charge on any atom is 0.255 e. The first-order chi connectivity index (χ1) is 13.3. The van der Waals surface area contributed by atoms with Gasteiger partial charge >= 0.3 is 0 Å². The van der Waals surface area contributed by atoms with Gasteiger partial charge in [0.1, 0.15) is 0 Å². The van der Waals surface area contributed by atoms with Gasteiger partial charge in [0, 0.05) is 49.8 Å². The first kappa shape index (κ1) is 17.8. The number of hydrogen-bond donors (Lipinski definition) is 1. The number of carbonyl (C=O) groups is 1. The number of carbonyl (C=O) groups excluding carboxylic acids is 1. The fourth-order valence-electron chi connectivity index (χ4n) is 4.08. The molecule has 2 saturated heterocycles. The zero-order chi connectivity index (χ0) is 18.5. The van der Waals surface area contributed by atoms with Gasteiger partial charge < -0.3 is 15.1 Å². The SMILES string of the molecule is O=C(Nc1cc(N2CCCCC2)ccc1N1CCCCC1)c1ccncc1. The van der Waals surface area contributed by atoms with E-state index in [-0.39, 0.29) is 5.91 Å². The first-order valence-electron chi connectivity index (χ1n) is 10.2. The number of piperidine rings is 2. The Bertz CT molecular complexity index is 765. The van der Waals surface area contributed by atoms with Gasteiger partial charge in [-0.1, -0.05) is 0 Å². The van der Waals surface area contributed by atoms with Crippen LogP contribution >= 0.6 is 0 Å². The second kappa shape index (κ2) is 8.42. The lowest BCUT2D eigenvalue weighted by Crippen LogP contribution is -2.31. The normalized spacial score (nSPS) is 17.6. The number of rotatable bonds is 4. The van der Waals surface area contributed by atoms with Crippen LogP contribution in [-0.4, -0.2) is 37.1 Å². The number of nitrogens with one attached hydrogen (secondary N) is 1. The number of nitrogens with zero attached hydrogens (tertiary/aromatic N) is 3. The Morgan fingerprint density at radius 2 is 1.44 bits per heavy atom. The number of pyridine rings is 1. The molecule has 27 heavy (non-hydrogen) atoms. The van der Waals surface area contributed by atoms with Crippen molar-refractivity contribution < 1.29 is 4.79 Å². The van der Waals surface area contributed by atoms with E-state index in [9.17, 15) is 4.79 Å². The maximum atomic E-state index is 12.8. The lowest BCUT2D eigenvalue weighted by atomic mass is 10.1. The summed E-state index contributed by atoms with van der Waals surface area (Å²) >= 11 is 0. The molecule has 2 aliphatic rings. The molecule has 2 aromatic rings. The van der Waals surface area contributed by atoms with E-state index >= 15 is 0 Å². The molecule has 5 nitrogen and oxygen atoms in total. The summed E-state index contributed by atoms with van der Waals surface area (Å²) < 4.78 is 0. The minimum Gasteiger partial charge on any atom is -0.371 e. The van der Waals surface area contributed by atoms with Crippen molar-refractivity contribution in [3.8, 4) is 0 Å².